The quantitative estimate of drug-likeness (QED) is 0.0631. The molecule has 0 aliphatic carbocycles. The van der Waals surface area contributed by atoms with Crippen LogP contribution in [0.1, 0.15) is 146 Å². The fourth-order valence-electron chi connectivity index (χ4n) is 6.11. The first-order chi connectivity index (χ1) is 31.7. The minimum absolute atomic E-state index is 0.195. The Morgan fingerprint density at radius 1 is 0.375 bits per heavy atom. The SMILES string of the molecule is C#CC#CC#CC#CC#CC#CC#CC#CC#CC#CC#COCCCCCCCCCCCCOc1ccc(C(N)c2ccc(OCCCCCCCCCCCCO)cc2)cc1. The van der Waals surface area contributed by atoms with Gasteiger partial charge in [-0.3, -0.25) is 0 Å². The van der Waals surface area contributed by atoms with E-state index in [2.05, 4.69) is 149 Å². The topological polar surface area (TPSA) is 73.9 Å². The molecule has 3 N–H and O–H groups in total. The minimum atomic E-state index is -0.195. The van der Waals surface area contributed by atoms with Crippen LogP contribution in [-0.4, -0.2) is 31.5 Å². The first kappa shape index (κ1) is 53.1. The van der Waals surface area contributed by atoms with Gasteiger partial charge in [-0.15, -0.1) is 6.42 Å². The molecule has 0 aliphatic rings. The van der Waals surface area contributed by atoms with E-state index in [0.717, 1.165) is 74.4 Å². The summed E-state index contributed by atoms with van der Waals surface area (Å²) in [6.07, 6.45) is 31.6. The van der Waals surface area contributed by atoms with Gasteiger partial charge in [-0.2, -0.15) is 0 Å². The smallest absolute Gasteiger partial charge is 0.124 e. The van der Waals surface area contributed by atoms with E-state index < -0.39 is 0 Å². The minimum Gasteiger partial charge on any atom is -0.494 e. The molecule has 64 heavy (non-hydrogen) atoms. The highest BCUT2D eigenvalue weighted by Crippen LogP contribution is 2.24. The van der Waals surface area contributed by atoms with E-state index >= 15 is 0 Å². The van der Waals surface area contributed by atoms with E-state index in [4.69, 9.17) is 31.5 Å². The summed E-state index contributed by atoms with van der Waals surface area (Å²) < 4.78 is 17.3. The molecule has 1 atom stereocenters. The number of ether oxygens (including phenoxy) is 3. The lowest BCUT2D eigenvalue weighted by Crippen LogP contribution is -2.11. The van der Waals surface area contributed by atoms with Gasteiger partial charge in [0.1, 0.15) is 24.2 Å². The largest absolute Gasteiger partial charge is 0.494 e. The Balaban J connectivity index is 1.42. The fraction of sp³-hybridized carbons (Fsp3) is 0.424. The first-order valence-electron chi connectivity index (χ1n) is 22.6. The molecular weight excluding hydrogens is 787 g/mol. The van der Waals surface area contributed by atoms with Crippen LogP contribution in [0.4, 0.5) is 0 Å². The second-order valence-corrected chi connectivity index (χ2v) is 14.6. The average Bonchev–Trinajstić information content (AvgIpc) is 3.32. The standard InChI is InChI=1S/C59H61NO4/c1-2-3-4-5-6-7-8-9-10-11-12-13-14-15-16-18-23-28-33-38-51-62-52-39-34-29-24-20-21-26-31-36-41-54-64-58-48-44-56(45-49-58)59(60)55-42-46-57(47-43-55)63-53-40-35-30-25-19-17-22-27-32-37-50-61/h1,42-49,59,61H,17,19-22,24-27,29-32,34-37,39-41,50,52-54,60H2. The molecule has 0 spiro atoms. The molecule has 5 nitrogen and oxygen atoms in total. The van der Waals surface area contributed by atoms with Gasteiger partial charge in [-0.05, 0) is 108 Å². The average molecular weight is 848 g/mol. The van der Waals surface area contributed by atoms with Crippen molar-refractivity contribution in [3.05, 3.63) is 59.7 Å². The van der Waals surface area contributed by atoms with Crippen molar-refractivity contribution in [3.8, 4) is 142 Å². The molecule has 0 saturated carbocycles. The maximum absolute atomic E-state index is 8.85. The Morgan fingerprint density at radius 3 is 0.984 bits per heavy atom. The molecule has 0 bridgehead atoms. The molecular formula is C59H61NO4. The van der Waals surface area contributed by atoms with E-state index in [1.807, 2.05) is 24.3 Å². The summed E-state index contributed by atoms with van der Waals surface area (Å²) in [7, 11) is 0. The van der Waals surface area contributed by atoms with Crippen molar-refractivity contribution in [1.82, 2.24) is 0 Å². The third-order valence-electron chi connectivity index (χ3n) is 9.53. The second-order valence-electron chi connectivity index (χ2n) is 14.6. The predicted octanol–water partition coefficient (Wildman–Crippen LogP) is 9.93. The predicted molar refractivity (Wildman–Crippen MR) is 262 cm³/mol. The molecule has 0 fully saturated rings. The summed E-state index contributed by atoms with van der Waals surface area (Å²) in [4.78, 5) is 0. The fourth-order valence-corrected chi connectivity index (χ4v) is 6.11. The van der Waals surface area contributed by atoms with E-state index in [9.17, 15) is 0 Å². The highest BCUT2D eigenvalue weighted by Gasteiger charge is 2.09. The Morgan fingerprint density at radius 2 is 0.656 bits per heavy atom. The Labute approximate surface area is 386 Å². The maximum atomic E-state index is 8.85. The van der Waals surface area contributed by atoms with Crippen LogP contribution in [0.25, 0.3) is 0 Å². The van der Waals surface area contributed by atoms with Crippen LogP contribution >= 0.6 is 0 Å². The summed E-state index contributed by atoms with van der Waals surface area (Å²) in [5, 5.41) is 8.85. The maximum Gasteiger partial charge on any atom is 0.124 e. The van der Waals surface area contributed by atoms with Gasteiger partial charge in [-0.1, -0.05) is 127 Å². The molecule has 5 heteroatoms. The lowest BCUT2D eigenvalue weighted by atomic mass is 9.99. The normalized spacial score (nSPS) is 9.27. The van der Waals surface area contributed by atoms with Crippen molar-refractivity contribution < 1.29 is 19.3 Å². The molecule has 0 amide bonds. The van der Waals surface area contributed by atoms with Crippen molar-refractivity contribution in [2.75, 3.05) is 26.4 Å². The van der Waals surface area contributed by atoms with Crippen molar-refractivity contribution >= 4 is 0 Å². The zero-order valence-corrected chi connectivity index (χ0v) is 37.5. The second kappa shape index (κ2) is 41.3. The third-order valence-corrected chi connectivity index (χ3v) is 9.53. The van der Waals surface area contributed by atoms with Crippen molar-refractivity contribution in [1.29, 1.82) is 0 Å². The van der Waals surface area contributed by atoms with E-state index in [1.54, 1.807) is 0 Å². The van der Waals surface area contributed by atoms with Gasteiger partial charge in [-0.25, -0.2) is 0 Å². The molecule has 0 heterocycles. The monoisotopic (exact) mass is 847 g/mol. The molecule has 0 aromatic heterocycles. The zero-order valence-electron chi connectivity index (χ0n) is 37.5. The highest BCUT2D eigenvalue weighted by molar-refractivity contribution is 5.47. The number of benzene rings is 2. The highest BCUT2D eigenvalue weighted by atomic mass is 16.5. The summed E-state index contributed by atoms with van der Waals surface area (Å²) in [6, 6.07) is 16.2. The van der Waals surface area contributed by atoms with Crippen LogP contribution in [0.3, 0.4) is 0 Å². The van der Waals surface area contributed by atoms with E-state index in [-0.39, 0.29) is 6.04 Å². The number of hydrogen-bond acceptors (Lipinski definition) is 5. The van der Waals surface area contributed by atoms with Crippen molar-refractivity contribution in [2.45, 2.75) is 134 Å². The number of aliphatic hydroxyl groups is 1. The zero-order chi connectivity index (χ0) is 45.5. The van der Waals surface area contributed by atoms with Gasteiger partial charge >= 0.3 is 0 Å². The first-order valence-corrected chi connectivity index (χ1v) is 22.6. The number of nitrogens with two attached hydrogens (primary N) is 1. The molecule has 326 valence electrons. The molecule has 2 aromatic rings. The summed E-state index contributed by atoms with van der Waals surface area (Å²) in [6.45, 7) is 2.41. The van der Waals surface area contributed by atoms with Gasteiger partial charge in [0.15, 0.2) is 0 Å². The van der Waals surface area contributed by atoms with Gasteiger partial charge in [0.2, 0.25) is 0 Å². The summed E-state index contributed by atoms with van der Waals surface area (Å²) in [5.74, 6) is 52.0. The van der Waals surface area contributed by atoms with Crippen molar-refractivity contribution in [2.24, 2.45) is 5.73 Å². The van der Waals surface area contributed by atoms with Gasteiger partial charge in [0.25, 0.3) is 0 Å². The Kier molecular flexibility index (Phi) is 34.2. The lowest BCUT2D eigenvalue weighted by molar-refractivity contribution is 0.267. The van der Waals surface area contributed by atoms with Crippen LogP contribution in [0, 0.1) is 131 Å². The van der Waals surface area contributed by atoms with Crippen LogP contribution in [0.15, 0.2) is 48.5 Å². The van der Waals surface area contributed by atoms with E-state index in [0.29, 0.717) is 13.2 Å². The number of hydrogen-bond donors (Lipinski definition) is 2. The molecule has 0 aliphatic heterocycles. The van der Waals surface area contributed by atoms with Gasteiger partial charge in [0, 0.05) is 77.7 Å². The molecule has 2 rings (SSSR count). The Hall–Kier alpha value is -7.08. The number of aliphatic hydroxyl groups excluding tert-OH is 1. The molecule has 1 unspecified atom stereocenters. The van der Waals surface area contributed by atoms with E-state index in [1.165, 1.54) is 89.9 Å². The van der Waals surface area contributed by atoms with Crippen molar-refractivity contribution in [3.63, 3.8) is 0 Å². The summed E-state index contributed by atoms with van der Waals surface area (Å²) in [5.41, 5.74) is 8.73. The van der Waals surface area contributed by atoms with Gasteiger partial charge < -0.3 is 25.1 Å². The lowest BCUT2D eigenvalue weighted by Gasteiger charge is -2.14. The molecule has 0 radical (unpaired) electrons. The number of unbranched alkanes of at least 4 members (excludes halogenated alkanes) is 18. The van der Waals surface area contributed by atoms with Crippen LogP contribution in [0.2, 0.25) is 0 Å². The van der Waals surface area contributed by atoms with Crippen LogP contribution < -0.4 is 15.2 Å². The molecule has 2 aromatic carbocycles. The third kappa shape index (κ3) is 31.7. The number of terminal acetylenes is 1. The Bertz CT molecular complexity index is 2320. The van der Waals surface area contributed by atoms with Crippen LogP contribution in [0.5, 0.6) is 11.5 Å². The summed E-state index contributed by atoms with van der Waals surface area (Å²) >= 11 is 0. The van der Waals surface area contributed by atoms with Crippen LogP contribution in [-0.2, 0) is 4.74 Å². The van der Waals surface area contributed by atoms with Gasteiger partial charge in [0.05, 0.1) is 19.3 Å². The number of rotatable bonds is 29. The molecule has 0 saturated heterocycles.